The van der Waals surface area contributed by atoms with E-state index in [2.05, 4.69) is 50.3 Å². The minimum atomic E-state index is -1.62. The fourth-order valence-corrected chi connectivity index (χ4v) is 13.6. The molecule has 0 N–H and O–H groups in total. The van der Waals surface area contributed by atoms with E-state index in [1.807, 2.05) is 21.1 Å². The van der Waals surface area contributed by atoms with Crippen LogP contribution in [0.25, 0.3) is 0 Å². The van der Waals surface area contributed by atoms with Crippen LogP contribution in [0.4, 0.5) is 0 Å². The van der Waals surface area contributed by atoms with Crippen molar-refractivity contribution in [3.63, 3.8) is 0 Å². The lowest BCUT2D eigenvalue weighted by atomic mass is 10.0. The second-order valence-electron chi connectivity index (χ2n) is 31.5. The Kier molecular flexibility index (Phi) is 79.1. The van der Waals surface area contributed by atoms with Gasteiger partial charge in [0.05, 0.1) is 40.3 Å². The monoisotopic (exact) mass is 1390 g/mol. The fourth-order valence-electron chi connectivity index (χ4n) is 13.6. The summed E-state index contributed by atoms with van der Waals surface area (Å²) in [4.78, 5) is 37.7. The zero-order chi connectivity index (χ0) is 71.8. The molecule has 99 heavy (non-hydrogen) atoms. The third-order valence-corrected chi connectivity index (χ3v) is 20.4. The number of hydrogen-bond acceptors (Lipinski definition) is 8. The van der Waals surface area contributed by atoms with E-state index in [4.69, 9.17) is 18.9 Å². The van der Waals surface area contributed by atoms with Crippen molar-refractivity contribution in [2.75, 3.05) is 47.5 Å². The number of likely N-dealkylation sites (N-methyl/N-ethyl adjacent to an activating group) is 1. The Morgan fingerprint density at radius 3 is 0.808 bits per heavy atom. The Morgan fingerprint density at radius 1 is 0.303 bits per heavy atom. The zero-order valence-electron chi connectivity index (χ0n) is 67.2. The van der Waals surface area contributed by atoms with Crippen LogP contribution in [-0.2, 0) is 33.3 Å². The van der Waals surface area contributed by atoms with E-state index in [0.29, 0.717) is 17.4 Å². The molecule has 0 fully saturated rings. The van der Waals surface area contributed by atoms with Crippen LogP contribution in [0, 0.1) is 0 Å². The van der Waals surface area contributed by atoms with Crippen molar-refractivity contribution in [1.29, 1.82) is 0 Å². The van der Waals surface area contributed by atoms with Crippen molar-refractivity contribution in [2.24, 2.45) is 0 Å². The van der Waals surface area contributed by atoms with Gasteiger partial charge in [-0.1, -0.05) is 416 Å². The summed E-state index contributed by atoms with van der Waals surface area (Å²) >= 11 is 0. The van der Waals surface area contributed by atoms with Gasteiger partial charge in [-0.15, -0.1) is 0 Å². The van der Waals surface area contributed by atoms with E-state index < -0.39 is 24.3 Å². The molecule has 0 spiro atoms. The molecule has 2 atom stereocenters. The first-order valence-corrected chi connectivity index (χ1v) is 44.1. The van der Waals surface area contributed by atoms with Gasteiger partial charge in [0.25, 0.3) is 0 Å². The van der Waals surface area contributed by atoms with Crippen LogP contribution in [0.15, 0.2) is 36.5 Å². The van der Waals surface area contributed by atoms with Gasteiger partial charge in [0.15, 0.2) is 12.4 Å². The third-order valence-electron chi connectivity index (χ3n) is 20.4. The quantitative estimate of drug-likeness (QED) is 0.0195. The maximum Gasteiger partial charge on any atom is 0.306 e. The summed E-state index contributed by atoms with van der Waals surface area (Å²) in [5.41, 5.74) is 0. The Morgan fingerprint density at radius 2 is 0.545 bits per heavy atom. The molecule has 0 aromatic carbocycles. The molecule has 0 amide bonds. The second-order valence-corrected chi connectivity index (χ2v) is 31.5. The summed E-state index contributed by atoms with van der Waals surface area (Å²) in [5, 5.41) is 11.9. The first-order chi connectivity index (χ1) is 48.6. The standard InChI is InChI=1S/C90H171NO8/c1-6-8-10-12-14-16-18-20-22-24-26-28-30-32-34-36-38-40-41-42-43-44-45-46-47-49-51-53-55-57-59-61-63-65-67-69-71-73-75-77-79-81-88(93)99-86(85-98-90(89(94)95)96-83-82-91(3,4)5)84-97-87(92)80-78-76-74-72-70-68-66-64-62-60-58-56-54-52-50-48-39-37-35-33-31-29-27-25-23-21-19-17-15-13-11-9-7-2/h18,20,24-27,86,90H,6-17,19,21-23,28-85H2,1-5H3/b20-18-,26-24-,27-25-. The third kappa shape index (κ3) is 82.7. The maximum atomic E-state index is 13.0. The number of carboxylic acid groups (broad SMARTS) is 1. The molecule has 0 radical (unpaired) electrons. The molecule has 0 aromatic heterocycles. The van der Waals surface area contributed by atoms with Gasteiger partial charge < -0.3 is 33.3 Å². The van der Waals surface area contributed by atoms with Crippen LogP contribution in [0.5, 0.6) is 0 Å². The number of ether oxygens (including phenoxy) is 4. The number of nitrogens with zero attached hydrogens (tertiary/aromatic N) is 1. The number of carbonyl (C=O) groups excluding carboxylic acids is 3. The zero-order valence-corrected chi connectivity index (χ0v) is 67.2. The predicted octanol–water partition coefficient (Wildman–Crippen LogP) is 27.3. The summed E-state index contributed by atoms with van der Waals surface area (Å²) in [6.45, 7) is 4.83. The lowest BCUT2D eigenvalue weighted by molar-refractivity contribution is -0.870. The van der Waals surface area contributed by atoms with E-state index in [1.54, 1.807) is 0 Å². The van der Waals surface area contributed by atoms with Crippen molar-refractivity contribution < 1.29 is 42.9 Å². The van der Waals surface area contributed by atoms with Crippen LogP contribution in [0.2, 0.25) is 0 Å². The predicted molar refractivity (Wildman–Crippen MR) is 426 cm³/mol. The molecule has 584 valence electrons. The van der Waals surface area contributed by atoms with Crippen molar-refractivity contribution >= 4 is 17.9 Å². The number of unbranched alkanes of at least 4 members (excludes halogenated alkanes) is 63. The van der Waals surface area contributed by atoms with Crippen LogP contribution in [0.1, 0.15) is 463 Å². The summed E-state index contributed by atoms with van der Waals surface area (Å²) in [6, 6.07) is 0. The number of quaternary nitrogens is 1. The Bertz CT molecular complexity index is 1720. The van der Waals surface area contributed by atoms with Crippen LogP contribution < -0.4 is 5.11 Å². The number of hydrogen-bond donors (Lipinski definition) is 0. The van der Waals surface area contributed by atoms with Gasteiger partial charge >= 0.3 is 11.9 Å². The molecule has 9 heteroatoms. The number of allylic oxidation sites excluding steroid dienone is 6. The summed E-state index contributed by atoms with van der Waals surface area (Å²) in [5.74, 6) is -2.24. The van der Waals surface area contributed by atoms with Crippen molar-refractivity contribution in [3.8, 4) is 0 Å². The normalized spacial score (nSPS) is 12.7. The van der Waals surface area contributed by atoms with E-state index in [-0.39, 0.29) is 32.2 Å². The molecule has 0 aliphatic carbocycles. The molecule has 0 rings (SSSR count). The molecule has 0 heterocycles. The Balaban J connectivity index is 3.90. The highest BCUT2D eigenvalue weighted by Gasteiger charge is 2.22. The van der Waals surface area contributed by atoms with Crippen molar-refractivity contribution in [1.82, 2.24) is 0 Å². The van der Waals surface area contributed by atoms with Gasteiger partial charge in [0.1, 0.15) is 13.2 Å². The van der Waals surface area contributed by atoms with E-state index >= 15 is 0 Å². The van der Waals surface area contributed by atoms with Gasteiger partial charge in [-0.3, -0.25) is 9.59 Å². The van der Waals surface area contributed by atoms with E-state index in [1.165, 1.54) is 392 Å². The molecule has 0 bridgehead atoms. The Labute approximate surface area is 617 Å². The molecular formula is C90H171NO8. The number of rotatable bonds is 84. The van der Waals surface area contributed by atoms with Crippen molar-refractivity contribution in [3.05, 3.63) is 36.5 Å². The molecular weight excluding hydrogens is 1220 g/mol. The van der Waals surface area contributed by atoms with Gasteiger partial charge in [-0.25, -0.2) is 0 Å². The number of esters is 2. The number of carbonyl (C=O) groups is 3. The highest BCUT2D eigenvalue weighted by atomic mass is 16.7. The number of carboxylic acids is 1. The number of aliphatic carboxylic acids is 1. The van der Waals surface area contributed by atoms with Gasteiger partial charge in [0.2, 0.25) is 0 Å². The summed E-state index contributed by atoms with van der Waals surface area (Å²) in [7, 11) is 5.96. The van der Waals surface area contributed by atoms with E-state index in [9.17, 15) is 19.5 Å². The highest BCUT2D eigenvalue weighted by Crippen LogP contribution is 2.21. The van der Waals surface area contributed by atoms with Crippen molar-refractivity contribution in [2.45, 2.75) is 476 Å². The molecule has 2 unspecified atom stereocenters. The molecule has 0 saturated heterocycles. The molecule has 0 aliphatic heterocycles. The second kappa shape index (κ2) is 81.2. The van der Waals surface area contributed by atoms with Crippen LogP contribution in [-0.4, -0.2) is 82.3 Å². The van der Waals surface area contributed by atoms with Gasteiger partial charge in [-0.05, 0) is 70.6 Å². The first kappa shape index (κ1) is 96.5. The topological polar surface area (TPSA) is 111 Å². The maximum absolute atomic E-state index is 13.0. The molecule has 0 saturated carbocycles. The molecule has 0 aromatic rings. The van der Waals surface area contributed by atoms with Gasteiger partial charge in [0, 0.05) is 12.8 Å². The van der Waals surface area contributed by atoms with Gasteiger partial charge in [-0.2, -0.15) is 0 Å². The minimum absolute atomic E-state index is 0.152. The molecule has 0 aliphatic rings. The largest absolute Gasteiger partial charge is 0.545 e. The lowest BCUT2D eigenvalue weighted by Gasteiger charge is -2.26. The Hall–Kier alpha value is -2.49. The first-order valence-electron chi connectivity index (χ1n) is 44.1. The minimum Gasteiger partial charge on any atom is -0.545 e. The molecule has 9 nitrogen and oxygen atoms in total. The summed E-state index contributed by atoms with van der Waals surface area (Å²) in [6.07, 6.45) is 103. The lowest BCUT2D eigenvalue weighted by Crippen LogP contribution is -2.44. The summed E-state index contributed by atoms with van der Waals surface area (Å²) < 4.78 is 22.9. The van der Waals surface area contributed by atoms with E-state index in [0.717, 1.165) is 44.9 Å². The van der Waals surface area contributed by atoms with Crippen LogP contribution >= 0.6 is 0 Å². The SMILES string of the molecule is CCCCCCC/C=C\C/C=C\CCCCCCCCCCCCCCCCCCCCCCCCCCCCCCCC(=O)OC(COC(=O)CCCCCCCCCCCCCCCCCCCCCCC/C=C\CCCCCCCCCC)COC(OCC[N+](C)(C)C)C(=O)[O-]. The van der Waals surface area contributed by atoms with Crippen LogP contribution in [0.3, 0.4) is 0 Å². The smallest absolute Gasteiger partial charge is 0.306 e. The average Bonchev–Trinajstić information content (AvgIpc) is 2.62. The highest BCUT2D eigenvalue weighted by molar-refractivity contribution is 5.70. The fraction of sp³-hybridized carbons (Fsp3) is 0.900. The average molecular weight is 1400 g/mol.